The molecule has 16 heavy (non-hydrogen) atoms. The Morgan fingerprint density at radius 3 is 2.94 bits per heavy atom. The minimum Gasteiger partial charge on any atom is -0.480 e. The molecule has 0 fully saturated rings. The molecule has 0 saturated carbocycles. The van der Waals surface area contributed by atoms with E-state index in [9.17, 15) is 9.90 Å². The van der Waals surface area contributed by atoms with Gasteiger partial charge < -0.3 is 9.84 Å². The monoisotopic (exact) mass is 226 g/mol. The summed E-state index contributed by atoms with van der Waals surface area (Å²) in [5.41, 5.74) is -0.146. The summed E-state index contributed by atoms with van der Waals surface area (Å²) < 4.78 is 6.30. The van der Waals surface area contributed by atoms with Crippen molar-refractivity contribution < 1.29 is 9.84 Å². The molecule has 1 rings (SSSR count). The average molecular weight is 226 g/mol. The molecule has 0 aromatic carbocycles. The molecule has 0 spiro atoms. The van der Waals surface area contributed by atoms with Crippen molar-refractivity contribution in [1.82, 2.24) is 9.78 Å². The van der Waals surface area contributed by atoms with E-state index >= 15 is 0 Å². The zero-order valence-corrected chi connectivity index (χ0v) is 9.72. The lowest BCUT2D eigenvalue weighted by Gasteiger charge is -2.08. The van der Waals surface area contributed by atoms with Gasteiger partial charge in [0.15, 0.2) is 0 Å². The highest BCUT2D eigenvalue weighted by molar-refractivity contribution is 5.05. The van der Waals surface area contributed by atoms with Gasteiger partial charge in [-0.25, -0.2) is 4.68 Å². The van der Waals surface area contributed by atoms with Crippen LogP contribution in [0.5, 0.6) is 5.88 Å². The Balaban J connectivity index is 2.56. The number of aliphatic hydroxyl groups excluding tert-OH is 1. The van der Waals surface area contributed by atoms with E-state index in [1.54, 1.807) is 6.07 Å². The lowest BCUT2D eigenvalue weighted by molar-refractivity contribution is 0.155. The molecule has 1 aromatic rings. The second-order valence-electron chi connectivity index (χ2n) is 3.64. The molecule has 1 aromatic heterocycles. The lowest BCUT2D eigenvalue weighted by atomic mass is 10.1. The minimum absolute atomic E-state index is 0.146. The fourth-order valence-corrected chi connectivity index (χ4v) is 1.38. The van der Waals surface area contributed by atoms with Crippen LogP contribution in [0, 0.1) is 0 Å². The molecule has 0 aliphatic heterocycles. The van der Waals surface area contributed by atoms with Crippen molar-refractivity contribution in [1.29, 1.82) is 0 Å². The van der Waals surface area contributed by atoms with Crippen LogP contribution in [0.15, 0.2) is 16.9 Å². The van der Waals surface area contributed by atoms with Gasteiger partial charge in [-0.3, -0.25) is 4.79 Å². The second-order valence-corrected chi connectivity index (χ2v) is 3.64. The van der Waals surface area contributed by atoms with Gasteiger partial charge in [0.05, 0.1) is 13.2 Å². The van der Waals surface area contributed by atoms with E-state index in [0.717, 1.165) is 12.8 Å². The number of aryl methyl sites for hydroxylation is 1. The van der Waals surface area contributed by atoms with Gasteiger partial charge >= 0.3 is 0 Å². The van der Waals surface area contributed by atoms with Gasteiger partial charge in [-0.15, -0.1) is 5.10 Å². The lowest BCUT2D eigenvalue weighted by Crippen LogP contribution is -2.22. The molecule has 1 atom stereocenters. The third kappa shape index (κ3) is 3.66. The van der Waals surface area contributed by atoms with Crippen LogP contribution >= 0.6 is 0 Å². The number of aromatic nitrogens is 2. The van der Waals surface area contributed by atoms with Crippen LogP contribution in [0.2, 0.25) is 0 Å². The molecule has 0 aliphatic rings. The normalized spacial score (nSPS) is 12.4. The highest BCUT2D eigenvalue weighted by atomic mass is 16.5. The highest BCUT2D eigenvalue weighted by Gasteiger charge is 2.03. The Hall–Kier alpha value is -1.36. The van der Waals surface area contributed by atoms with Crippen LogP contribution in [0.25, 0.3) is 0 Å². The molecule has 0 saturated heterocycles. The van der Waals surface area contributed by atoms with Gasteiger partial charge in [-0.1, -0.05) is 6.92 Å². The Morgan fingerprint density at radius 1 is 1.56 bits per heavy atom. The number of nitrogens with zero attached hydrogens (tertiary/aromatic N) is 2. The summed E-state index contributed by atoms with van der Waals surface area (Å²) >= 11 is 0. The van der Waals surface area contributed by atoms with Gasteiger partial charge in [0.2, 0.25) is 5.88 Å². The maximum atomic E-state index is 11.4. The largest absolute Gasteiger partial charge is 0.480 e. The molecular formula is C11H18N2O3. The van der Waals surface area contributed by atoms with Crippen molar-refractivity contribution in [3.05, 3.63) is 22.5 Å². The Kier molecular flexibility index (Phi) is 4.98. The van der Waals surface area contributed by atoms with E-state index in [4.69, 9.17) is 4.74 Å². The molecule has 1 N–H and O–H groups in total. The van der Waals surface area contributed by atoms with E-state index in [2.05, 4.69) is 5.10 Å². The third-order valence-electron chi connectivity index (χ3n) is 2.43. The highest BCUT2D eigenvalue weighted by Crippen LogP contribution is 2.03. The van der Waals surface area contributed by atoms with Gasteiger partial charge in [-0.2, -0.15) is 0 Å². The number of hydrogen-bond acceptors (Lipinski definition) is 4. The Labute approximate surface area is 94.7 Å². The van der Waals surface area contributed by atoms with Gasteiger partial charge in [0, 0.05) is 18.7 Å². The van der Waals surface area contributed by atoms with Crippen LogP contribution in [-0.4, -0.2) is 28.1 Å². The van der Waals surface area contributed by atoms with E-state index in [1.165, 1.54) is 17.9 Å². The average Bonchev–Trinajstić information content (AvgIpc) is 2.31. The molecule has 0 amide bonds. The van der Waals surface area contributed by atoms with Crippen LogP contribution in [-0.2, 0) is 6.54 Å². The first-order valence-electron chi connectivity index (χ1n) is 5.47. The standard InChI is InChI=1S/C11H18N2O3/c1-3-9(14)5-4-8-13-11(15)7-6-10(12-13)16-2/h6-7,9,14H,3-5,8H2,1-2H3. The van der Waals surface area contributed by atoms with Gasteiger partial charge in [-0.05, 0) is 19.3 Å². The Morgan fingerprint density at radius 2 is 2.31 bits per heavy atom. The minimum atomic E-state index is -0.290. The van der Waals surface area contributed by atoms with Crippen LogP contribution < -0.4 is 10.3 Å². The van der Waals surface area contributed by atoms with E-state index in [1.807, 2.05) is 6.92 Å². The summed E-state index contributed by atoms with van der Waals surface area (Å²) in [5.74, 6) is 0.427. The molecule has 5 nitrogen and oxygen atoms in total. The molecule has 5 heteroatoms. The SMILES string of the molecule is CCC(O)CCCn1nc(OC)ccc1=O. The topological polar surface area (TPSA) is 64.3 Å². The number of methoxy groups -OCH3 is 1. The first kappa shape index (κ1) is 12.7. The van der Waals surface area contributed by atoms with Crippen molar-refractivity contribution in [2.24, 2.45) is 0 Å². The van der Waals surface area contributed by atoms with E-state index < -0.39 is 0 Å². The Bertz CT molecular complexity index is 376. The number of hydrogen-bond donors (Lipinski definition) is 1. The van der Waals surface area contributed by atoms with Gasteiger partial charge in [0.25, 0.3) is 5.56 Å². The van der Waals surface area contributed by atoms with Crippen molar-refractivity contribution in [2.75, 3.05) is 7.11 Å². The predicted octanol–water partition coefficient (Wildman–Crippen LogP) is 0.803. The maximum absolute atomic E-state index is 11.4. The fourth-order valence-electron chi connectivity index (χ4n) is 1.38. The predicted molar refractivity (Wildman–Crippen MR) is 60.6 cm³/mol. The summed E-state index contributed by atoms with van der Waals surface area (Å²) in [6.45, 7) is 2.44. The third-order valence-corrected chi connectivity index (χ3v) is 2.43. The maximum Gasteiger partial charge on any atom is 0.266 e. The summed E-state index contributed by atoms with van der Waals surface area (Å²) in [4.78, 5) is 11.4. The van der Waals surface area contributed by atoms with Crippen LogP contribution in [0.1, 0.15) is 26.2 Å². The van der Waals surface area contributed by atoms with Crippen molar-refractivity contribution in [3.8, 4) is 5.88 Å². The summed E-state index contributed by atoms with van der Waals surface area (Å²) in [7, 11) is 1.51. The van der Waals surface area contributed by atoms with Crippen molar-refractivity contribution >= 4 is 0 Å². The summed E-state index contributed by atoms with van der Waals surface area (Å²) in [6, 6.07) is 2.97. The smallest absolute Gasteiger partial charge is 0.266 e. The molecular weight excluding hydrogens is 208 g/mol. The first-order chi connectivity index (χ1) is 7.67. The van der Waals surface area contributed by atoms with Crippen LogP contribution in [0.4, 0.5) is 0 Å². The quantitative estimate of drug-likeness (QED) is 0.779. The van der Waals surface area contributed by atoms with Gasteiger partial charge in [0.1, 0.15) is 0 Å². The first-order valence-corrected chi connectivity index (χ1v) is 5.47. The molecule has 0 radical (unpaired) electrons. The fraction of sp³-hybridized carbons (Fsp3) is 0.636. The number of ether oxygens (including phenoxy) is 1. The molecule has 1 heterocycles. The molecule has 1 unspecified atom stereocenters. The summed E-state index contributed by atoms with van der Waals surface area (Å²) in [5, 5.41) is 13.4. The van der Waals surface area contributed by atoms with E-state index in [-0.39, 0.29) is 11.7 Å². The molecule has 90 valence electrons. The summed E-state index contributed by atoms with van der Waals surface area (Å²) in [6.07, 6.45) is 1.86. The number of rotatable bonds is 6. The van der Waals surface area contributed by atoms with E-state index in [0.29, 0.717) is 18.8 Å². The number of aliphatic hydroxyl groups is 1. The van der Waals surface area contributed by atoms with Crippen LogP contribution in [0.3, 0.4) is 0 Å². The van der Waals surface area contributed by atoms with Crippen molar-refractivity contribution in [3.63, 3.8) is 0 Å². The van der Waals surface area contributed by atoms with Crippen molar-refractivity contribution in [2.45, 2.75) is 38.8 Å². The molecule has 0 bridgehead atoms. The zero-order valence-electron chi connectivity index (χ0n) is 9.72. The molecule has 0 aliphatic carbocycles. The zero-order chi connectivity index (χ0) is 12.0. The second kappa shape index (κ2) is 6.27.